The number of rotatable bonds is 3. The molecule has 0 saturated heterocycles. The lowest BCUT2D eigenvalue weighted by Gasteiger charge is -2.27. The summed E-state index contributed by atoms with van der Waals surface area (Å²) in [7, 11) is 0. The molecule has 1 atom stereocenters. The van der Waals surface area contributed by atoms with Gasteiger partial charge in [-0.25, -0.2) is 4.79 Å². The summed E-state index contributed by atoms with van der Waals surface area (Å²) in [5.74, 6) is -2.05. The van der Waals surface area contributed by atoms with Gasteiger partial charge in [0.15, 0.2) is 0 Å². The lowest BCUT2D eigenvalue weighted by Crippen LogP contribution is -2.49. The van der Waals surface area contributed by atoms with E-state index in [1.807, 2.05) is 0 Å². The van der Waals surface area contributed by atoms with Gasteiger partial charge in [0.25, 0.3) is 5.91 Å². The molecular formula is C12H16N2O4. The van der Waals surface area contributed by atoms with E-state index < -0.39 is 23.3 Å². The van der Waals surface area contributed by atoms with Crippen molar-refractivity contribution < 1.29 is 19.8 Å². The second-order valence-corrected chi connectivity index (χ2v) is 5.00. The topological polar surface area (TPSA) is 99.5 Å². The molecule has 1 unspecified atom stereocenters. The van der Waals surface area contributed by atoms with Crippen LogP contribution in [0.4, 0.5) is 0 Å². The molecule has 98 valence electrons. The van der Waals surface area contributed by atoms with Crippen molar-refractivity contribution in [2.45, 2.75) is 26.8 Å². The third-order valence-electron chi connectivity index (χ3n) is 2.43. The van der Waals surface area contributed by atoms with Gasteiger partial charge in [0.1, 0.15) is 11.8 Å². The number of hydrogen-bond acceptors (Lipinski definition) is 4. The van der Waals surface area contributed by atoms with Crippen molar-refractivity contribution in [3.8, 4) is 5.75 Å². The van der Waals surface area contributed by atoms with Crippen LogP contribution in [0.5, 0.6) is 5.75 Å². The minimum atomic E-state index is -1.12. The van der Waals surface area contributed by atoms with E-state index in [0.29, 0.717) is 0 Å². The first-order chi connectivity index (χ1) is 8.23. The third-order valence-corrected chi connectivity index (χ3v) is 2.43. The predicted molar refractivity (Wildman–Crippen MR) is 64.2 cm³/mol. The molecule has 0 aromatic carbocycles. The first-order valence-electron chi connectivity index (χ1n) is 5.40. The highest BCUT2D eigenvalue weighted by molar-refractivity contribution is 5.98. The van der Waals surface area contributed by atoms with Crippen LogP contribution in [0, 0.1) is 5.41 Å². The summed E-state index contributed by atoms with van der Waals surface area (Å²) in [4.78, 5) is 26.6. The first kappa shape index (κ1) is 14.0. The highest BCUT2D eigenvalue weighted by Gasteiger charge is 2.33. The molecule has 0 aliphatic heterocycles. The van der Waals surface area contributed by atoms with Crippen molar-refractivity contribution in [1.29, 1.82) is 0 Å². The van der Waals surface area contributed by atoms with Crippen molar-refractivity contribution in [3.63, 3.8) is 0 Å². The maximum atomic E-state index is 11.9. The van der Waals surface area contributed by atoms with E-state index in [4.69, 9.17) is 5.11 Å². The van der Waals surface area contributed by atoms with Crippen LogP contribution < -0.4 is 5.32 Å². The van der Waals surface area contributed by atoms with Gasteiger partial charge in [-0.3, -0.25) is 9.78 Å². The van der Waals surface area contributed by atoms with Crippen molar-refractivity contribution in [2.75, 3.05) is 0 Å². The largest absolute Gasteiger partial charge is 0.505 e. The average molecular weight is 252 g/mol. The lowest BCUT2D eigenvalue weighted by molar-refractivity contribution is -0.142. The Bertz CT molecular complexity index is 465. The maximum absolute atomic E-state index is 11.9. The first-order valence-corrected chi connectivity index (χ1v) is 5.40. The Balaban J connectivity index is 2.93. The molecule has 0 aliphatic rings. The van der Waals surface area contributed by atoms with E-state index in [-0.39, 0.29) is 11.3 Å². The fraction of sp³-hybridized carbons (Fsp3) is 0.417. The Kier molecular flexibility index (Phi) is 3.90. The van der Waals surface area contributed by atoms with Crippen LogP contribution in [-0.2, 0) is 4.79 Å². The average Bonchev–Trinajstić information content (AvgIpc) is 2.24. The fourth-order valence-corrected chi connectivity index (χ4v) is 1.44. The molecule has 1 amide bonds. The number of hydrogen-bond donors (Lipinski definition) is 3. The lowest BCUT2D eigenvalue weighted by atomic mass is 9.86. The molecule has 1 rings (SSSR count). The van der Waals surface area contributed by atoms with E-state index in [9.17, 15) is 14.7 Å². The SMILES string of the molecule is CC(C)(C)C(NC(=O)c1ccncc1O)C(=O)O. The van der Waals surface area contributed by atoms with E-state index in [0.717, 1.165) is 6.20 Å². The number of amides is 1. The number of carbonyl (C=O) groups is 2. The molecule has 0 bridgehead atoms. The van der Waals surface area contributed by atoms with Gasteiger partial charge in [-0.1, -0.05) is 20.8 Å². The van der Waals surface area contributed by atoms with Crippen molar-refractivity contribution in [3.05, 3.63) is 24.0 Å². The minimum Gasteiger partial charge on any atom is -0.505 e. The molecule has 0 fully saturated rings. The molecule has 18 heavy (non-hydrogen) atoms. The molecule has 1 aromatic rings. The molecule has 3 N–H and O–H groups in total. The minimum absolute atomic E-state index is 0.000463. The van der Waals surface area contributed by atoms with Crippen molar-refractivity contribution in [1.82, 2.24) is 10.3 Å². The molecular weight excluding hydrogens is 236 g/mol. The van der Waals surface area contributed by atoms with Crippen LogP contribution in [0.3, 0.4) is 0 Å². The number of carboxylic acid groups (broad SMARTS) is 1. The van der Waals surface area contributed by atoms with E-state index in [2.05, 4.69) is 10.3 Å². The van der Waals surface area contributed by atoms with Gasteiger partial charge in [0, 0.05) is 6.20 Å². The zero-order chi connectivity index (χ0) is 13.9. The monoisotopic (exact) mass is 252 g/mol. The summed E-state index contributed by atoms with van der Waals surface area (Å²) in [6, 6.07) is 0.282. The molecule has 6 nitrogen and oxygen atoms in total. The van der Waals surface area contributed by atoms with Gasteiger partial charge < -0.3 is 15.5 Å². The van der Waals surface area contributed by atoms with Crippen LogP contribution in [0.2, 0.25) is 0 Å². The Morgan fingerprint density at radius 1 is 1.39 bits per heavy atom. The number of aliphatic carboxylic acids is 1. The Labute approximate surface area is 105 Å². The van der Waals surface area contributed by atoms with E-state index >= 15 is 0 Å². The zero-order valence-electron chi connectivity index (χ0n) is 10.5. The summed E-state index contributed by atoms with van der Waals surface area (Å²) < 4.78 is 0. The maximum Gasteiger partial charge on any atom is 0.326 e. The van der Waals surface area contributed by atoms with Crippen LogP contribution in [0.25, 0.3) is 0 Å². The third kappa shape index (κ3) is 3.19. The summed E-state index contributed by atoms with van der Waals surface area (Å²) in [6.45, 7) is 5.12. The quantitative estimate of drug-likeness (QED) is 0.745. The number of aromatic nitrogens is 1. The Morgan fingerprint density at radius 3 is 2.44 bits per heavy atom. The van der Waals surface area contributed by atoms with Gasteiger partial charge in [-0.2, -0.15) is 0 Å². The van der Waals surface area contributed by atoms with Gasteiger partial charge in [-0.15, -0.1) is 0 Å². The standard InChI is InChI=1S/C12H16N2O4/c1-12(2,3)9(11(17)18)14-10(16)7-4-5-13-6-8(7)15/h4-6,9,15H,1-3H3,(H,14,16)(H,17,18). The van der Waals surface area contributed by atoms with E-state index in [1.54, 1.807) is 20.8 Å². The van der Waals surface area contributed by atoms with E-state index in [1.165, 1.54) is 12.3 Å². The molecule has 0 aliphatic carbocycles. The summed E-state index contributed by atoms with van der Waals surface area (Å²) in [5.41, 5.74) is -0.634. The van der Waals surface area contributed by atoms with Gasteiger partial charge in [0.2, 0.25) is 0 Å². The smallest absolute Gasteiger partial charge is 0.326 e. The number of aromatic hydroxyl groups is 1. The Morgan fingerprint density at radius 2 is 2.00 bits per heavy atom. The normalized spacial score (nSPS) is 12.8. The van der Waals surface area contributed by atoms with Gasteiger partial charge >= 0.3 is 5.97 Å². The predicted octanol–water partition coefficient (Wildman–Crippen LogP) is 1.02. The molecule has 1 heterocycles. The molecule has 6 heteroatoms. The molecule has 0 spiro atoms. The number of carbonyl (C=O) groups excluding carboxylic acids is 1. The van der Waals surface area contributed by atoms with Crippen LogP contribution in [-0.4, -0.2) is 33.1 Å². The number of carboxylic acids is 1. The summed E-state index contributed by atoms with van der Waals surface area (Å²) in [6.07, 6.45) is 2.48. The van der Waals surface area contributed by atoms with Crippen LogP contribution in [0.1, 0.15) is 31.1 Å². The number of nitrogens with one attached hydrogen (secondary N) is 1. The zero-order valence-corrected chi connectivity index (χ0v) is 10.5. The van der Waals surface area contributed by atoms with Crippen molar-refractivity contribution in [2.24, 2.45) is 5.41 Å². The molecule has 1 aromatic heterocycles. The highest BCUT2D eigenvalue weighted by atomic mass is 16.4. The second-order valence-electron chi connectivity index (χ2n) is 5.00. The number of nitrogens with zero attached hydrogens (tertiary/aromatic N) is 1. The van der Waals surface area contributed by atoms with Gasteiger partial charge in [-0.05, 0) is 11.5 Å². The van der Waals surface area contributed by atoms with Crippen LogP contribution >= 0.6 is 0 Å². The van der Waals surface area contributed by atoms with Crippen LogP contribution in [0.15, 0.2) is 18.5 Å². The highest BCUT2D eigenvalue weighted by Crippen LogP contribution is 2.21. The molecule has 0 radical (unpaired) electrons. The fourth-order valence-electron chi connectivity index (χ4n) is 1.44. The van der Waals surface area contributed by atoms with Gasteiger partial charge in [0.05, 0.1) is 11.8 Å². The number of pyridine rings is 1. The molecule has 0 saturated carbocycles. The summed E-state index contributed by atoms with van der Waals surface area (Å²) >= 11 is 0. The Hall–Kier alpha value is -2.11. The second kappa shape index (κ2) is 5.03. The summed E-state index contributed by atoms with van der Waals surface area (Å²) in [5, 5.41) is 20.9. The van der Waals surface area contributed by atoms with Crippen molar-refractivity contribution >= 4 is 11.9 Å².